The predicted molar refractivity (Wildman–Crippen MR) is 93.3 cm³/mol. The number of nitrogens with one attached hydrogen (secondary N) is 1. The maximum atomic E-state index is 13.7. The van der Waals surface area contributed by atoms with Crippen LogP contribution in [-0.2, 0) is 11.2 Å². The molecule has 1 aliphatic heterocycles. The van der Waals surface area contributed by atoms with Crippen molar-refractivity contribution in [2.75, 3.05) is 13.2 Å². The summed E-state index contributed by atoms with van der Waals surface area (Å²) in [4.78, 5) is 12.4. The van der Waals surface area contributed by atoms with Crippen LogP contribution in [0.15, 0.2) is 42.5 Å². The third kappa shape index (κ3) is 4.10. The Balaban J connectivity index is 1.75. The van der Waals surface area contributed by atoms with Gasteiger partial charge in [-0.05, 0) is 35.2 Å². The van der Waals surface area contributed by atoms with E-state index in [0.717, 1.165) is 11.3 Å². The number of hydrogen-bond acceptors (Lipinski definition) is 3. The SMILES string of the molecule is CC(C)C(NC(=O)Cc1ccccc1F)c1ccc2c(c1)OCCO2. The van der Waals surface area contributed by atoms with Crippen LogP contribution >= 0.6 is 0 Å². The van der Waals surface area contributed by atoms with E-state index in [2.05, 4.69) is 5.32 Å². The van der Waals surface area contributed by atoms with Crippen molar-refractivity contribution in [1.82, 2.24) is 5.32 Å². The monoisotopic (exact) mass is 343 g/mol. The molecule has 1 N–H and O–H groups in total. The van der Waals surface area contributed by atoms with Gasteiger partial charge in [0.15, 0.2) is 11.5 Å². The molecule has 2 aromatic carbocycles. The molecule has 25 heavy (non-hydrogen) atoms. The number of rotatable bonds is 5. The molecule has 0 spiro atoms. The average Bonchev–Trinajstić information content (AvgIpc) is 2.61. The van der Waals surface area contributed by atoms with Gasteiger partial charge in [0.25, 0.3) is 0 Å². The molecular formula is C20H22FNO3. The fraction of sp³-hybridized carbons (Fsp3) is 0.350. The van der Waals surface area contributed by atoms with E-state index in [4.69, 9.17) is 9.47 Å². The lowest BCUT2D eigenvalue weighted by Crippen LogP contribution is -2.33. The molecule has 1 unspecified atom stereocenters. The molecule has 132 valence electrons. The Labute approximate surface area is 147 Å². The van der Waals surface area contributed by atoms with Gasteiger partial charge in [0.05, 0.1) is 12.5 Å². The molecule has 1 heterocycles. The normalized spacial score (nSPS) is 14.2. The second kappa shape index (κ2) is 7.55. The number of halogens is 1. The Morgan fingerprint density at radius 1 is 1.12 bits per heavy atom. The highest BCUT2D eigenvalue weighted by atomic mass is 19.1. The molecule has 1 atom stereocenters. The van der Waals surface area contributed by atoms with Crippen molar-refractivity contribution in [2.24, 2.45) is 5.92 Å². The van der Waals surface area contributed by atoms with E-state index in [1.54, 1.807) is 18.2 Å². The fourth-order valence-electron chi connectivity index (χ4n) is 2.93. The van der Waals surface area contributed by atoms with Gasteiger partial charge in [-0.3, -0.25) is 4.79 Å². The van der Waals surface area contributed by atoms with Gasteiger partial charge in [-0.2, -0.15) is 0 Å². The van der Waals surface area contributed by atoms with E-state index in [-0.39, 0.29) is 30.1 Å². The molecule has 3 rings (SSSR count). The molecular weight excluding hydrogens is 321 g/mol. The van der Waals surface area contributed by atoms with Crippen molar-refractivity contribution in [1.29, 1.82) is 0 Å². The van der Waals surface area contributed by atoms with Gasteiger partial charge >= 0.3 is 0 Å². The van der Waals surface area contributed by atoms with Gasteiger partial charge in [0.2, 0.25) is 5.91 Å². The van der Waals surface area contributed by atoms with Crippen LogP contribution in [0.4, 0.5) is 4.39 Å². The summed E-state index contributed by atoms with van der Waals surface area (Å²) in [6.07, 6.45) is 0.0143. The second-order valence-corrected chi connectivity index (χ2v) is 6.46. The maximum Gasteiger partial charge on any atom is 0.225 e. The predicted octanol–water partition coefficient (Wildman–Crippen LogP) is 3.65. The van der Waals surface area contributed by atoms with Crippen molar-refractivity contribution in [3.63, 3.8) is 0 Å². The van der Waals surface area contributed by atoms with Crippen molar-refractivity contribution < 1.29 is 18.7 Å². The summed E-state index contributed by atoms with van der Waals surface area (Å²) < 4.78 is 24.9. The highest BCUT2D eigenvalue weighted by Gasteiger charge is 2.22. The Kier molecular flexibility index (Phi) is 5.22. The van der Waals surface area contributed by atoms with E-state index in [1.807, 2.05) is 32.0 Å². The molecule has 1 aliphatic rings. The van der Waals surface area contributed by atoms with Crippen LogP contribution in [0.3, 0.4) is 0 Å². The van der Waals surface area contributed by atoms with Crippen LogP contribution in [0.5, 0.6) is 11.5 Å². The second-order valence-electron chi connectivity index (χ2n) is 6.46. The van der Waals surface area contributed by atoms with Gasteiger partial charge in [-0.15, -0.1) is 0 Å². The first kappa shape index (κ1) is 17.3. The van der Waals surface area contributed by atoms with Gasteiger partial charge in [-0.25, -0.2) is 4.39 Å². The smallest absolute Gasteiger partial charge is 0.225 e. The summed E-state index contributed by atoms with van der Waals surface area (Å²) in [6, 6.07) is 11.9. The van der Waals surface area contributed by atoms with Crippen molar-refractivity contribution >= 4 is 5.91 Å². The lowest BCUT2D eigenvalue weighted by Gasteiger charge is -2.25. The highest BCUT2D eigenvalue weighted by Crippen LogP contribution is 2.34. The maximum absolute atomic E-state index is 13.7. The summed E-state index contributed by atoms with van der Waals surface area (Å²) in [7, 11) is 0. The molecule has 0 aliphatic carbocycles. The fourth-order valence-corrected chi connectivity index (χ4v) is 2.93. The zero-order chi connectivity index (χ0) is 17.8. The Morgan fingerprint density at radius 3 is 2.56 bits per heavy atom. The number of carbonyl (C=O) groups excluding carboxylic acids is 1. The van der Waals surface area contributed by atoms with Crippen molar-refractivity contribution in [3.05, 3.63) is 59.4 Å². The molecule has 0 bridgehead atoms. The van der Waals surface area contributed by atoms with Gasteiger partial charge < -0.3 is 14.8 Å². The first-order valence-corrected chi connectivity index (χ1v) is 8.47. The molecule has 0 radical (unpaired) electrons. The summed E-state index contributed by atoms with van der Waals surface area (Å²) in [5.41, 5.74) is 1.34. The lowest BCUT2D eigenvalue weighted by atomic mass is 9.95. The van der Waals surface area contributed by atoms with Gasteiger partial charge in [0.1, 0.15) is 19.0 Å². The third-order valence-corrected chi connectivity index (χ3v) is 4.22. The van der Waals surface area contributed by atoms with E-state index < -0.39 is 0 Å². The molecule has 0 aromatic heterocycles. The van der Waals surface area contributed by atoms with Crippen LogP contribution in [0.2, 0.25) is 0 Å². The minimum Gasteiger partial charge on any atom is -0.486 e. The molecule has 1 amide bonds. The van der Waals surface area contributed by atoms with Gasteiger partial charge in [-0.1, -0.05) is 38.1 Å². The molecule has 0 saturated heterocycles. The Morgan fingerprint density at radius 2 is 1.84 bits per heavy atom. The zero-order valence-electron chi connectivity index (χ0n) is 14.4. The van der Waals surface area contributed by atoms with Crippen LogP contribution in [-0.4, -0.2) is 19.1 Å². The van der Waals surface area contributed by atoms with Crippen molar-refractivity contribution in [3.8, 4) is 11.5 Å². The van der Waals surface area contributed by atoms with E-state index in [0.29, 0.717) is 24.5 Å². The summed E-state index contributed by atoms with van der Waals surface area (Å²) in [6.45, 7) is 5.12. The first-order valence-electron chi connectivity index (χ1n) is 8.47. The number of hydrogen-bond donors (Lipinski definition) is 1. The van der Waals surface area contributed by atoms with Crippen LogP contribution < -0.4 is 14.8 Å². The lowest BCUT2D eigenvalue weighted by molar-refractivity contribution is -0.121. The minimum absolute atomic E-state index is 0.0143. The van der Waals surface area contributed by atoms with Crippen LogP contribution in [0, 0.1) is 11.7 Å². The number of carbonyl (C=O) groups is 1. The number of ether oxygens (including phenoxy) is 2. The van der Waals surface area contributed by atoms with E-state index >= 15 is 0 Å². The summed E-state index contributed by atoms with van der Waals surface area (Å²) in [5, 5.41) is 3.01. The molecule has 0 fully saturated rings. The minimum atomic E-state index is -0.363. The number of fused-ring (bicyclic) bond motifs is 1. The summed E-state index contributed by atoms with van der Waals surface area (Å²) in [5.74, 6) is 1.01. The Hall–Kier alpha value is -2.56. The van der Waals surface area contributed by atoms with Gasteiger partial charge in [0, 0.05) is 0 Å². The number of amides is 1. The van der Waals surface area contributed by atoms with Crippen LogP contribution in [0.1, 0.15) is 31.0 Å². The third-order valence-electron chi connectivity index (χ3n) is 4.22. The van der Waals surface area contributed by atoms with E-state index in [1.165, 1.54) is 6.07 Å². The molecule has 0 saturated carbocycles. The van der Waals surface area contributed by atoms with E-state index in [9.17, 15) is 9.18 Å². The van der Waals surface area contributed by atoms with Crippen molar-refractivity contribution in [2.45, 2.75) is 26.3 Å². The zero-order valence-corrected chi connectivity index (χ0v) is 14.4. The topological polar surface area (TPSA) is 47.6 Å². The number of benzene rings is 2. The summed E-state index contributed by atoms with van der Waals surface area (Å²) >= 11 is 0. The Bertz CT molecular complexity index is 760. The average molecular weight is 343 g/mol. The quantitative estimate of drug-likeness (QED) is 0.901. The molecule has 4 nitrogen and oxygen atoms in total. The first-order chi connectivity index (χ1) is 12.0. The molecule has 5 heteroatoms. The standard InChI is InChI=1S/C20H22FNO3/c1-13(2)20(15-7-8-17-18(11-15)25-10-9-24-17)22-19(23)12-14-5-3-4-6-16(14)21/h3-8,11,13,20H,9-10,12H2,1-2H3,(H,22,23). The molecule has 2 aromatic rings. The van der Waals surface area contributed by atoms with Crippen LogP contribution in [0.25, 0.3) is 0 Å². The highest BCUT2D eigenvalue weighted by molar-refractivity contribution is 5.79. The largest absolute Gasteiger partial charge is 0.486 e.